The molecule has 22 heavy (non-hydrogen) atoms. The van der Waals surface area contributed by atoms with Gasteiger partial charge in [0.25, 0.3) is 5.91 Å². The van der Waals surface area contributed by atoms with E-state index < -0.39 is 0 Å². The SMILES string of the molecule is CCC(Oc1cccc(C)c1)C(=O)N1C[C@H]2CNC[C@H]2C1.Cl. The second-order valence-electron chi connectivity index (χ2n) is 6.25. The van der Waals surface area contributed by atoms with Crippen LogP contribution in [0.15, 0.2) is 24.3 Å². The highest BCUT2D eigenvalue weighted by Gasteiger charge is 2.39. The van der Waals surface area contributed by atoms with Crippen molar-refractivity contribution in [1.29, 1.82) is 0 Å². The summed E-state index contributed by atoms with van der Waals surface area (Å²) in [5.74, 6) is 2.19. The topological polar surface area (TPSA) is 41.6 Å². The van der Waals surface area contributed by atoms with Crippen LogP contribution in [-0.2, 0) is 4.79 Å². The van der Waals surface area contributed by atoms with E-state index in [0.29, 0.717) is 18.3 Å². The molecule has 1 aromatic carbocycles. The number of carbonyl (C=O) groups is 1. The van der Waals surface area contributed by atoms with Crippen molar-refractivity contribution in [3.8, 4) is 5.75 Å². The number of hydrogen-bond donors (Lipinski definition) is 1. The van der Waals surface area contributed by atoms with E-state index in [2.05, 4.69) is 5.32 Å². The van der Waals surface area contributed by atoms with Gasteiger partial charge in [-0.2, -0.15) is 0 Å². The predicted molar refractivity (Wildman–Crippen MR) is 89.6 cm³/mol. The number of halogens is 1. The number of fused-ring (bicyclic) bond motifs is 1. The lowest BCUT2D eigenvalue weighted by atomic mass is 10.0. The molecule has 122 valence electrons. The van der Waals surface area contributed by atoms with E-state index in [1.54, 1.807) is 0 Å². The molecule has 0 saturated carbocycles. The summed E-state index contributed by atoms with van der Waals surface area (Å²) >= 11 is 0. The maximum atomic E-state index is 12.7. The molecule has 0 bridgehead atoms. The summed E-state index contributed by atoms with van der Waals surface area (Å²) in [7, 11) is 0. The van der Waals surface area contributed by atoms with Gasteiger partial charge in [-0.05, 0) is 42.9 Å². The molecule has 0 aliphatic carbocycles. The number of ether oxygens (including phenoxy) is 1. The van der Waals surface area contributed by atoms with E-state index in [0.717, 1.165) is 37.5 Å². The molecule has 1 N–H and O–H groups in total. The van der Waals surface area contributed by atoms with Gasteiger partial charge in [-0.3, -0.25) is 4.79 Å². The van der Waals surface area contributed by atoms with E-state index in [1.165, 1.54) is 0 Å². The van der Waals surface area contributed by atoms with E-state index in [1.807, 2.05) is 43.0 Å². The molecule has 3 atom stereocenters. The first-order valence-corrected chi connectivity index (χ1v) is 7.90. The zero-order valence-electron chi connectivity index (χ0n) is 13.2. The van der Waals surface area contributed by atoms with Gasteiger partial charge in [-0.15, -0.1) is 12.4 Å². The summed E-state index contributed by atoms with van der Waals surface area (Å²) in [5, 5.41) is 3.40. The second-order valence-corrected chi connectivity index (χ2v) is 6.25. The lowest BCUT2D eigenvalue weighted by Gasteiger charge is -2.24. The molecule has 2 saturated heterocycles. The smallest absolute Gasteiger partial charge is 0.263 e. The Hall–Kier alpha value is -1.26. The first kappa shape index (κ1) is 17.1. The first-order chi connectivity index (χ1) is 10.2. The lowest BCUT2D eigenvalue weighted by Crippen LogP contribution is -2.41. The second kappa shape index (κ2) is 7.34. The van der Waals surface area contributed by atoms with E-state index in [-0.39, 0.29) is 24.4 Å². The van der Waals surface area contributed by atoms with Crippen LogP contribution in [0.5, 0.6) is 5.75 Å². The van der Waals surface area contributed by atoms with Crippen LogP contribution in [0.2, 0.25) is 0 Å². The summed E-state index contributed by atoms with van der Waals surface area (Å²) < 4.78 is 5.93. The monoisotopic (exact) mass is 324 g/mol. The first-order valence-electron chi connectivity index (χ1n) is 7.90. The largest absolute Gasteiger partial charge is 0.481 e. The number of benzene rings is 1. The van der Waals surface area contributed by atoms with Gasteiger partial charge in [-0.25, -0.2) is 0 Å². The van der Waals surface area contributed by atoms with Gasteiger partial charge in [-0.1, -0.05) is 19.1 Å². The Kier molecular flexibility index (Phi) is 5.70. The number of nitrogens with zero attached hydrogens (tertiary/aromatic N) is 1. The molecule has 0 aromatic heterocycles. The highest BCUT2D eigenvalue weighted by atomic mass is 35.5. The van der Waals surface area contributed by atoms with Gasteiger partial charge >= 0.3 is 0 Å². The number of hydrogen-bond acceptors (Lipinski definition) is 3. The summed E-state index contributed by atoms with van der Waals surface area (Å²) in [4.78, 5) is 14.7. The van der Waals surface area contributed by atoms with Gasteiger partial charge in [0.1, 0.15) is 5.75 Å². The molecule has 2 aliphatic rings. The average Bonchev–Trinajstić information content (AvgIpc) is 3.05. The number of likely N-dealkylation sites (tertiary alicyclic amines) is 1. The van der Waals surface area contributed by atoms with Crippen LogP contribution < -0.4 is 10.1 Å². The van der Waals surface area contributed by atoms with Crippen LogP contribution in [-0.4, -0.2) is 43.1 Å². The zero-order chi connectivity index (χ0) is 14.8. The van der Waals surface area contributed by atoms with Gasteiger partial charge < -0.3 is 15.0 Å². The van der Waals surface area contributed by atoms with Crippen LogP contribution in [0, 0.1) is 18.8 Å². The molecular weight excluding hydrogens is 300 g/mol. The van der Waals surface area contributed by atoms with Crippen molar-refractivity contribution in [2.75, 3.05) is 26.2 Å². The minimum Gasteiger partial charge on any atom is -0.481 e. The molecule has 0 radical (unpaired) electrons. The Morgan fingerprint density at radius 1 is 1.36 bits per heavy atom. The van der Waals surface area contributed by atoms with Crippen molar-refractivity contribution in [2.24, 2.45) is 11.8 Å². The van der Waals surface area contributed by atoms with Crippen LogP contribution in [0.1, 0.15) is 18.9 Å². The predicted octanol–water partition coefficient (Wildman–Crippen LogP) is 2.25. The minimum atomic E-state index is -0.362. The van der Waals surface area contributed by atoms with E-state index >= 15 is 0 Å². The third-order valence-corrected chi connectivity index (χ3v) is 4.62. The van der Waals surface area contributed by atoms with Crippen molar-refractivity contribution in [1.82, 2.24) is 10.2 Å². The van der Waals surface area contributed by atoms with Gasteiger partial charge in [0.2, 0.25) is 0 Å². The molecule has 1 aromatic rings. The zero-order valence-corrected chi connectivity index (χ0v) is 14.1. The van der Waals surface area contributed by atoms with Crippen LogP contribution >= 0.6 is 12.4 Å². The maximum absolute atomic E-state index is 12.7. The quantitative estimate of drug-likeness (QED) is 0.923. The molecule has 5 heteroatoms. The van der Waals surface area contributed by atoms with Crippen molar-refractivity contribution in [3.05, 3.63) is 29.8 Å². The number of aryl methyl sites for hydroxylation is 1. The molecule has 1 unspecified atom stereocenters. The average molecular weight is 325 g/mol. The molecule has 1 amide bonds. The summed E-state index contributed by atoms with van der Waals surface area (Å²) in [6, 6.07) is 7.90. The molecule has 0 spiro atoms. The van der Waals surface area contributed by atoms with Gasteiger partial charge in [0.15, 0.2) is 6.10 Å². The Bertz CT molecular complexity index is 511. The summed E-state index contributed by atoms with van der Waals surface area (Å²) in [6.45, 7) is 7.89. The Labute approximate surface area is 138 Å². The van der Waals surface area contributed by atoms with Crippen molar-refractivity contribution < 1.29 is 9.53 Å². The standard InChI is InChI=1S/C17H24N2O2.ClH/c1-3-16(21-15-6-4-5-12(2)7-15)17(20)19-10-13-8-18-9-14(13)11-19;/h4-7,13-14,16,18H,3,8-11H2,1-2H3;1H/t13-,14+,16?;. The fourth-order valence-electron chi connectivity index (χ4n) is 3.40. The van der Waals surface area contributed by atoms with Crippen molar-refractivity contribution in [2.45, 2.75) is 26.4 Å². The van der Waals surface area contributed by atoms with Crippen molar-refractivity contribution in [3.63, 3.8) is 0 Å². The fraction of sp³-hybridized carbons (Fsp3) is 0.588. The number of rotatable bonds is 4. The fourth-order valence-corrected chi connectivity index (χ4v) is 3.40. The van der Waals surface area contributed by atoms with Crippen LogP contribution in [0.3, 0.4) is 0 Å². The summed E-state index contributed by atoms with van der Waals surface area (Å²) in [6.07, 6.45) is 0.343. The molecule has 2 aliphatic heterocycles. The lowest BCUT2D eigenvalue weighted by molar-refractivity contribution is -0.138. The highest BCUT2D eigenvalue weighted by molar-refractivity contribution is 5.85. The highest BCUT2D eigenvalue weighted by Crippen LogP contribution is 2.27. The summed E-state index contributed by atoms with van der Waals surface area (Å²) in [5.41, 5.74) is 1.15. The normalized spacial score (nSPS) is 24.5. The van der Waals surface area contributed by atoms with E-state index in [4.69, 9.17) is 4.74 Å². The minimum absolute atomic E-state index is 0. The molecule has 2 heterocycles. The molecular formula is C17H25ClN2O2. The molecule has 3 rings (SSSR count). The Balaban J connectivity index is 0.00000176. The molecule has 2 fully saturated rings. The van der Waals surface area contributed by atoms with E-state index in [9.17, 15) is 4.79 Å². The third kappa shape index (κ3) is 3.55. The van der Waals surface area contributed by atoms with Crippen LogP contribution in [0.4, 0.5) is 0 Å². The number of carbonyl (C=O) groups excluding carboxylic acids is 1. The maximum Gasteiger partial charge on any atom is 0.263 e. The van der Waals surface area contributed by atoms with Crippen molar-refractivity contribution >= 4 is 18.3 Å². The van der Waals surface area contributed by atoms with Crippen LogP contribution in [0.25, 0.3) is 0 Å². The van der Waals surface area contributed by atoms with Gasteiger partial charge in [0.05, 0.1) is 0 Å². The molecule has 4 nitrogen and oxygen atoms in total. The number of amides is 1. The van der Waals surface area contributed by atoms with Gasteiger partial charge in [0, 0.05) is 26.2 Å². The Morgan fingerprint density at radius 3 is 2.64 bits per heavy atom. The Morgan fingerprint density at radius 2 is 2.05 bits per heavy atom. The third-order valence-electron chi connectivity index (χ3n) is 4.62. The number of nitrogens with one attached hydrogen (secondary N) is 1.